The molecule has 3 nitrogen and oxygen atoms in total. The van der Waals surface area contributed by atoms with E-state index < -0.39 is 23.3 Å². The molecule has 2 aromatic carbocycles. The van der Waals surface area contributed by atoms with Gasteiger partial charge in [-0.3, -0.25) is 0 Å². The van der Waals surface area contributed by atoms with Crippen molar-refractivity contribution in [1.29, 1.82) is 0 Å². The zero-order valence-electron chi connectivity index (χ0n) is 13.4. The van der Waals surface area contributed by atoms with E-state index in [1.54, 1.807) is 12.3 Å². The van der Waals surface area contributed by atoms with Gasteiger partial charge >= 0.3 is 0 Å². The lowest BCUT2D eigenvalue weighted by Gasteiger charge is -2.17. The van der Waals surface area contributed by atoms with Crippen molar-refractivity contribution in [2.45, 2.75) is 25.2 Å². The number of ether oxygens (including phenoxy) is 1. The van der Waals surface area contributed by atoms with E-state index in [9.17, 15) is 8.78 Å². The van der Waals surface area contributed by atoms with Gasteiger partial charge in [-0.05, 0) is 19.1 Å². The van der Waals surface area contributed by atoms with Crippen LogP contribution < -0.4 is 0 Å². The second-order valence-electron chi connectivity index (χ2n) is 6.14. The summed E-state index contributed by atoms with van der Waals surface area (Å²) in [6, 6.07) is 10.9. The molecule has 0 N–H and O–H groups in total. The third kappa shape index (κ3) is 2.73. The Kier molecular flexibility index (Phi) is 3.85. The van der Waals surface area contributed by atoms with Crippen molar-refractivity contribution in [3.05, 3.63) is 88.5 Å². The molecule has 2 atom stereocenters. The molecule has 0 aliphatic carbocycles. The van der Waals surface area contributed by atoms with Crippen LogP contribution in [0.1, 0.15) is 23.1 Å². The molecule has 25 heavy (non-hydrogen) atoms. The highest BCUT2D eigenvalue weighted by atomic mass is 35.5. The molecule has 1 aliphatic rings. The normalized spacial score (nSPS) is 22.2. The number of aryl methyl sites for hydroxylation is 1. The summed E-state index contributed by atoms with van der Waals surface area (Å²) in [5.74, 6) is -0.465. The minimum Gasteiger partial charge on any atom is -0.354 e. The fraction of sp³-hybridized carbons (Fsp3) is 0.211. The van der Waals surface area contributed by atoms with Crippen molar-refractivity contribution in [3.8, 4) is 0 Å². The van der Waals surface area contributed by atoms with Gasteiger partial charge in [0, 0.05) is 34.6 Å². The van der Waals surface area contributed by atoms with Gasteiger partial charge in [-0.1, -0.05) is 35.9 Å². The second-order valence-corrected chi connectivity index (χ2v) is 6.54. The summed E-state index contributed by atoms with van der Waals surface area (Å²) < 4.78 is 35.8. The largest absolute Gasteiger partial charge is 0.354 e. The van der Waals surface area contributed by atoms with Gasteiger partial charge < -0.3 is 9.30 Å². The third-order valence-corrected chi connectivity index (χ3v) is 4.94. The predicted octanol–water partition coefficient (Wildman–Crippen LogP) is 4.79. The Balaban J connectivity index is 1.80. The number of rotatable bonds is 4. The zero-order valence-corrected chi connectivity index (χ0v) is 14.2. The van der Waals surface area contributed by atoms with Gasteiger partial charge in [-0.15, -0.1) is 0 Å². The molecule has 1 aromatic heterocycles. The van der Waals surface area contributed by atoms with Gasteiger partial charge in [0.25, 0.3) is 0 Å². The number of aromatic nitrogens is 2. The summed E-state index contributed by atoms with van der Waals surface area (Å²) >= 11 is 6.30. The van der Waals surface area contributed by atoms with Crippen molar-refractivity contribution in [2.24, 2.45) is 0 Å². The van der Waals surface area contributed by atoms with Gasteiger partial charge in [0.2, 0.25) is 0 Å². The molecule has 1 saturated heterocycles. The van der Waals surface area contributed by atoms with Crippen LogP contribution in [0.5, 0.6) is 0 Å². The van der Waals surface area contributed by atoms with Crippen molar-refractivity contribution in [2.75, 3.05) is 0 Å². The number of hydrogen-bond acceptors (Lipinski definition) is 2. The molecule has 2 unspecified atom stereocenters. The molecule has 0 radical (unpaired) electrons. The van der Waals surface area contributed by atoms with Gasteiger partial charge in [0.05, 0.1) is 6.54 Å². The van der Waals surface area contributed by atoms with Crippen LogP contribution >= 0.6 is 11.6 Å². The average molecular weight is 361 g/mol. The Hall–Kier alpha value is -2.24. The first kappa shape index (κ1) is 16.2. The van der Waals surface area contributed by atoms with Gasteiger partial charge in [-0.2, -0.15) is 0 Å². The molecule has 0 saturated carbocycles. The first-order valence-electron chi connectivity index (χ1n) is 7.87. The quantitative estimate of drug-likeness (QED) is 0.626. The molecule has 3 aromatic rings. The average Bonchev–Trinajstić information content (AvgIpc) is 3.14. The topological polar surface area (TPSA) is 30.4 Å². The highest BCUT2D eigenvalue weighted by Crippen LogP contribution is 2.59. The molecule has 1 aliphatic heterocycles. The summed E-state index contributed by atoms with van der Waals surface area (Å²) in [5, 5.41) is 0.555. The molecule has 0 bridgehead atoms. The maximum atomic E-state index is 14.5. The van der Waals surface area contributed by atoms with Crippen LogP contribution in [0, 0.1) is 18.6 Å². The Morgan fingerprint density at radius 3 is 2.72 bits per heavy atom. The molecule has 1 fully saturated rings. The maximum absolute atomic E-state index is 14.5. The second kappa shape index (κ2) is 5.93. The third-order valence-electron chi connectivity index (χ3n) is 4.60. The summed E-state index contributed by atoms with van der Waals surface area (Å²) in [5.41, 5.74) is 0.145. The Morgan fingerprint density at radius 2 is 2.04 bits per heavy atom. The van der Waals surface area contributed by atoms with E-state index in [0.717, 1.165) is 17.5 Å². The number of nitrogens with zero attached hydrogens (tertiary/aromatic N) is 2. The minimum atomic E-state index is -0.950. The Labute approximate surface area is 148 Å². The van der Waals surface area contributed by atoms with Crippen LogP contribution in [0.4, 0.5) is 8.78 Å². The van der Waals surface area contributed by atoms with Crippen LogP contribution in [0.25, 0.3) is 0 Å². The Morgan fingerprint density at radius 1 is 1.24 bits per heavy atom. The van der Waals surface area contributed by atoms with E-state index in [4.69, 9.17) is 16.3 Å². The van der Waals surface area contributed by atoms with Crippen molar-refractivity contribution in [1.82, 2.24) is 9.55 Å². The van der Waals surface area contributed by atoms with E-state index in [1.807, 2.05) is 35.9 Å². The van der Waals surface area contributed by atoms with Crippen LogP contribution in [-0.2, 0) is 16.9 Å². The first-order valence-corrected chi connectivity index (χ1v) is 8.24. The monoisotopic (exact) mass is 360 g/mol. The van der Waals surface area contributed by atoms with Crippen molar-refractivity contribution in [3.63, 3.8) is 0 Å². The lowest BCUT2D eigenvalue weighted by Crippen LogP contribution is -2.21. The van der Waals surface area contributed by atoms with E-state index in [1.165, 1.54) is 12.1 Å². The summed E-state index contributed by atoms with van der Waals surface area (Å²) in [4.78, 5) is 4.20. The summed E-state index contributed by atoms with van der Waals surface area (Å²) in [7, 11) is 0. The molecule has 4 rings (SSSR count). The summed E-state index contributed by atoms with van der Waals surface area (Å²) in [6.07, 6.45) is 3.07. The number of epoxide rings is 1. The lowest BCUT2D eigenvalue weighted by molar-refractivity contribution is 0.262. The van der Waals surface area contributed by atoms with Crippen molar-refractivity contribution < 1.29 is 13.5 Å². The smallest absolute Gasteiger partial charge is 0.145 e. The van der Waals surface area contributed by atoms with Crippen LogP contribution in [0.3, 0.4) is 0 Å². The Bertz CT molecular complexity index is 943. The fourth-order valence-electron chi connectivity index (χ4n) is 3.25. The van der Waals surface area contributed by atoms with Crippen LogP contribution in [-0.4, -0.2) is 9.55 Å². The van der Waals surface area contributed by atoms with Gasteiger partial charge in [0.15, 0.2) is 0 Å². The standard InChI is InChI=1S/C19H15ClF2N2O/c1-12-23-8-9-24(12)11-19(15-7-6-13(21)10-17(15)22)18(25-19)14-4-2-3-5-16(14)20/h2-10,18H,11H2,1H3. The minimum absolute atomic E-state index is 0.312. The molecule has 128 valence electrons. The molecule has 2 heterocycles. The fourth-order valence-corrected chi connectivity index (χ4v) is 3.48. The zero-order chi connectivity index (χ0) is 17.6. The highest BCUT2D eigenvalue weighted by molar-refractivity contribution is 6.31. The molecule has 6 heteroatoms. The SMILES string of the molecule is Cc1nccn1CC1(c2ccc(F)cc2F)OC1c1ccccc1Cl. The van der Waals surface area contributed by atoms with E-state index in [-0.39, 0.29) is 0 Å². The highest BCUT2D eigenvalue weighted by Gasteiger charge is 2.60. The van der Waals surface area contributed by atoms with Gasteiger partial charge in [0.1, 0.15) is 29.2 Å². The predicted molar refractivity (Wildman–Crippen MR) is 90.3 cm³/mol. The first-order chi connectivity index (χ1) is 12.0. The van der Waals surface area contributed by atoms with Crippen LogP contribution in [0.2, 0.25) is 5.02 Å². The molecular formula is C19H15ClF2N2O. The van der Waals surface area contributed by atoms with E-state index in [0.29, 0.717) is 17.1 Å². The maximum Gasteiger partial charge on any atom is 0.145 e. The van der Waals surface area contributed by atoms with E-state index in [2.05, 4.69) is 4.98 Å². The lowest BCUT2D eigenvalue weighted by atomic mass is 9.91. The number of halogens is 3. The molecule has 0 amide bonds. The molecule has 0 spiro atoms. The molecular weight excluding hydrogens is 346 g/mol. The van der Waals surface area contributed by atoms with E-state index >= 15 is 0 Å². The van der Waals surface area contributed by atoms with Gasteiger partial charge in [-0.25, -0.2) is 13.8 Å². The number of imidazole rings is 1. The number of hydrogen-bond donors (Lipinski definition) is 0. The van der Waals surface area contributed by atoms with Crippen LogP contribution in [0.15, 0.2) is 54.9 Å². The van der Waals surface area contributed by atoms with Crippen molar-refractivity contribution >= 4 is 11.6 Å². The number of benzene rings is 2. The summed E-state index contributed by atoms with van der Waals surface area (Å²) in [6.45, 7) is 2.22.